The van der Waals surface area contributed by atoms with Crippen LogP contribution in [0.15, 0.2) is 53.4 Å². The van der Waals surface area contributed by atoms with Crippen LogP contribution in [0.5, 0.6) is 5.75 Å². The number of benzene rings is 2. The summed E-state index contributed by atoms with van der Waals surface area (Å²) in [6, 6.07) is 12.3. The van der Waals surface area contributed by atoms with Gasteiger partial charge in [-0.2, -0.15) is 0 Å². The van der Waals surface area contributed by atoms with Crippen molar-refractivity contribution in [2.45, 2.75) is 13.2 Å². The van der Waals surface area contributed by atoms with E-state index >= 15 is 0 Å². The molecule has 1 aliphatic heterocycles. The van der Waals surface area contributed by atoms with Crippen molar-refractivity contribution >= 4 is 28.8 Å². The highest BCUT2D eigenvalue weighted by molar-refractivity contribution is 7.07. The topological polar surface area (TPSA) is 80.3 Å². The summed E-state index contributed by atoms with van der Waals surface area (Å²) in [4.78, 5) is 28.4. The fourth-order valence-corrected chi connectivity index (χ4v) is 3.23. The lowest BCUT2D eigenvalue weighted by Gasteiger charge is -2.09. The van der Waals surface area contributed by atoms with Crippen molar-refractivity contribution in [3.05, 3.63) is 75.7 Å². The predicted octanol–water partition coefficient (Wildman–Crippen LogP) is 3.22. The molecular weight excluding hydrogens is 350 g/mol. The molecule has 7 heteroatoms. The Morgan fingerprint density at radius 2 is 2.19 bits per heavy atom. The van der Waals surface area contributed by atoms with Crippen LogP contribution in [0, 0.1) is 0 Å². The SMILES string of the molecule is O=C(Nc1ccc2c(c1)C(=O)NC2)c1cccc(OCc2cscn2)c1. The third-order valence-electron chi connectivity index (χ3n) is 4.02. The van der Waals surface area contributed by atoms with E-state index in [4.69, 9.17) is 4.74 Å². The summed E-state index contributed by atoms with van der Waals surface area (Å²) in [5.41, 5.74) is 5.19. The Bertz CT molecular complexity index is 970. The molecule has 26 heavy (non-hydrogen) atoms. The number of thiazole rings is 1. The molecular formula is C19H15N3O3S. The van der Waals surface area contributed by atoms with E-state index in [0.717, 1.165) is 11.3 Å². The molecule has 0 aliphatic carbocycles. The first-order valence-corrected chi connectivity index (χ1v) is 8.96. The number of carbonyl (C=O) groups excluding carboxylic acids is 2. The summed E-state index contributed by atoms with van der Waals surface area (Å²) in [7, 11) is 0. The molecule has 2 N–H and O–H groups in total. The molecule has 0 saturated carbocycles. The van der Waals surface area contributed by atoms with E-state index in [1.165, 1.54) is 11.3 Å². The molecule has 0 spiro atoms. The van der Waals surface area contributed by atoms with Crippen LogP contribution in [0.1, 0.15) is 32.0 Å². The maximum atomic E-state index is 12.5. The Hall–Kier alpha value is -3.19. The number of rotatable bonds is 5. The lowest BCUT2D eigenvalue weighted by atomic mass is 10.1. The molecule has 1 aliphatic rings. The Kier molecular flexibility index (Phi) is 4.37. The highest BCUT2D eigenvalue weighted by atomic mass is 32.1. The minimum absolute atomic E-state index is 0.117. The molecule has 2 aromatic carbocycles. The number of anilines is 1. The summed E-state index contributed by atoms with van der Waals surface area (Å²) < 4.78 is 5.68. The minimum atomic E-state index is -0.262. The Balaban J connectivity index is 1.45. The van der Waals surface area contributed by atoms with Gasteiger partial charge in [-0.25, -0.2) is 4.98 Å². The fraction of sp³-hybridized carbons (Fsp3) is 0.105. The molecule has 3 aromatic rings. The molecule has 0 unspecified atom stereocenters. The molecule has 1 aromatic heterocycles. The Labute approximate surface area is 153 Å². The van der Waals surface area contributed by atoms with Crippen molar-refractivity contribution in [2.24, 2.45) is 0 Å². The quantitative estimate of drug-likeness (QED) is 0.727. The van der Waals surface area contributed by atoms with Gasteiger partial charge in [0.1, 0.15) is 12.4 Å². The van der Waals surface area contributed by atoms with E-state index < -0.39 is 0 Å². The zero-order valence-electron chi connectivity index (χ0n) is 13.7. The van der Waals surface area contributed by atoms with Crippen LogP contribution in [-0.4, -0.2) is 16.8 Å². The van der Waals surface area contributed by atoms with Crippen molar-refractivity contribution in [3.63, 3.8) is 0 Å². The van der Waals surface area contributed by atoms with E-state index in [1.807, 2.05) is 11.4 Å². The Morgan fingerprint density at radius 1 is 1.27 bits per heavy atom. The van der Waals surface area contributed by atoms with E-state index in [2.05, 4.69) is 15.6 Å². The number of carbonyl (C=O) groups is 2. The van der Waals surface area contributed by atoms with Crippen molar-refractivity contribution in [2.75, 3.05) is 5.32 Å². The lowest BCUT2D eigenvalue weighted by Crippen LogP contribution is -2.14. The number of ether oxygens (including phenoxy) is 1. The largest absolute Gasteiger partial charge is 0.487 e. The zero-order valence-corrected chi connectivity index (χ0v) is 14.5. The van der Waals surface area contributed by atoms with Crippen LogP contribution >= 0.6 is 11.3 Å². The van der Waals surface area contributed by atoms with Crippen LogP contribution < -0.4 is 15.4 Å². The standard InChI is InChI=1S/C19H15N3O3S/c23-18(22-14-5-4-13-8-20-19(24)17(13)7-14)12-2-1-3-16(6-12)25-9-15-10-26-11-21-15/h1-7,10-11H,8-9H2,(H,20,24)(H,22,23). The second kappa shape index (κ2) is 6.97. The van der Waals surface area contributed by atoms with E-state index in [1.54, 1.807) is 41.9 Å². The van der Waals surface area contributed by atoms with Gasteiger partial charge in [-0.3, -0.25) is 9.59 Å². The molecule has 0 saturated heterocycles. The van der Waals surface area contributed by atoms with Crippen LogP contribution in [0.25, 0.3) is 0 Å². The van der Waals surface area contributed by atoms with Crippen LogP contribution in [-0.2, 0) is 13.2 Å². The summed E-state index contributed by atoms with van der Waals surface area (Å²) >= 11 is 1.51. The predicted molar refractivity (Wildman–Crippen MR) is 98.5 cm³/mol. The molecule has 4 rings (SSSR count). The van der Waals surface area contributed by atoms with Crippen LogP contribution in [0.3, 0.4) is 0 Å². The molecule has 2 amide bonds. The van der Waals surface area contributed by atoms with Gasteiger partial charge in [0.2, 0.25) is 0 Å². The summed E-state index contributed by atoms with van der Waals surface area (Å²) in [5.74, 6) is 0.218. The Morgan fingerprint density at radius 3 is 3.04 bits per heavy atom. The zero-order chi connectivity index (χ0) is 17.9. The molecule has 0 radical (unpaired) electrons. The summed E-state index contributed by atoms with van der Waals surface area (Å²) in [5, 5.41) is 7.50. The molecule has 0 bridgehead atoms. The van der Waals surface area contributed by atoms with Crippen LogP contribution in [0.4, 0.5) is 5.69 Å². The van der Waals surface area contributed by atoms with Crippen molar-refractivity contribution in [1.82, 2.24) is 10.3 Å². The average Bonchev–Trinajstić information content (AvgIpc) is 3.30. The third-order valence-corrected chi connectivity index (χ3v) is 4.65. The number of nitrogens with one attached hydrogen (secondary N) is 2. The lowest BCUT2D eigenvalue weighted by molar-refractivity contribution is 0.0964. The highest BCUT2D eigenvalue weighted by Crippen LogP contribution is 2.21. The molecule has 130 valence electrons. The van der Waals surface area contributed by atoms with Gasteiger partial charge in [-0.15, -0.1) is 11.3 Å². The third kappa shape index (κ3) is 3.43. The monoisotopic (exact) mass is 365 g/mol. The molecule has 2 heterocycles. The van der Waals surface area contributed by atoms with Crippen LogP contribution in [0.2, 0.25) is 0 Å². The minimum Gasteiger partial charge on any atom is -0.487 e. The molecule has 0 atom stereocenters. The normalized spacial score (nSPS) is 12.4. The average molecular weight is 365 g/mol. The van der Waals surface area contributed by atoms with Gasteiger partial charge in [0.25, 0.3) is 11.8 Å². The highest BCUT2D eigenvalue weighted by Gasteiger charge is 2.19. The van der Waals surface area contributed by atoms with E-state index in [0.29, 0.717) is 35.7 Å². The molecule has 6 nitrogen and oxygen atoms in total. The number of fused-ring (bicyclic) bond motifs is 1. The van der Waals surface area contributed by atoms with E-state index in [9.17, 15) is 9.59 Å². The number of hydrogen-bond acceptors (Lipinski definition) is 5. The van der Waals surface area contributed by atoms with Gasteiger partial charge >= 0.3 is 0 Å². The number of nitrogens with zero attached hydrogens (tertiary/aromatic N) is 1. The van der Waals surface area contributed by atoms with Gasteiger partial charge in [0, 0.05) is 28.7 Å². The van der Waals surface area contributed by atoms with Crippen molar-refractivity contribution in [1.29, 1.82) is 0 Å². The van der Waals surface area contributed by atoms with Gasteiger partial charge in [-0.1, -0.05) is 12.1 Å². The second-order valence-electron chi connectivity index (χ2n) is 5.81. The first-order valence-electron chi connectivity index (χ1n) is 8.01. The van der Waals surface area contributed by atoms with Gasteiger partial charge in [0.05, 0.1) is 11.2 Å². The maximum absolute atomic E-state index is 12.5. The second-order valence-corrected chi connectivity index (χ2v) is 6.52. The number of hydrogen-bond donors (Lipinski definition) is 2. The summed E-state index contributed by atoms with van der Waals surface area (Å²) in [6.45, 7) is 0.884. The summed E-state index contributed by atoms with van der Waals surface area (Å²) in [6.07, 6.45) is 0. The molecule has 0 fully saturated rings. The first kappa shape index (κ1) is 16.3. The first-order chi connectivity index (χ1) is 12.7. The van der Waals surface area contributed by atoms with Gasteiger partial charge in [0.15, 0.2) is 0 Å². The number of aromatic nitrogens is 1. The smallest absolute Gasteiger partial charge is 0.255 e. The van der Waals surface area contributed by atoms with Gasteiger partial charge < -0.3 is 15.4 Å². The van der Waals surface area contributed by atoms with E-state index in [-0.39, 0.29) is 11.8 Å². The number of amides is 2. The van der Waals surface area contributed by atoms with Gasteiger partial charge in [-0.05, 0) is 35.9 Å². The van der Waals surface area contributed by atoms with Crippen molar-refractivity contribution in [3.8, 4) is 5.75 Å². The fourth-order valence-electron chi connectivity index (χ4n) is 2.69. The maximum Gasteiger partial charge on any atom is 0.255 e. The van der Waals surface area contributed by atoms with Crippen molar-refractivity contribution < 1.29 is 14.3 Å².